The molecule has 0 spiro atoms. The minimum atomic E-state index is -0.605. The summed E-state index contributed by atoms with van der Waals surface area (Å²) >= 11 is 1.98. The Balaban J connectivity index is 2.56. The first-order valence-corrected chi connectivity index (χ1v) is 5.68. The molecule has 84 valence electrons. The second-order valence-corrected chi connectivity index (χ2v) is 4.41. The molecule has 0 amide bonds. The van der Waals surface area contributed by atoms with E-state index in [9.17, 15) is 9.18 Å². The Kier molecular flexibility index (Phi) is 3.24. The van der Waals surface area contributed by atoms with Gasteiger partial charge in [-0.25, -0.2) is 4.39 Å². The summed E-state index contributed by atoms with van der Waals surface area (Å²) in [5, 5.41) is 8.68. The fourth-order valence-electron chi connectivity index (χ4n) is 1.38. The minimum absolute atomic E-state index is 0.0136. The number of benzene rings is 1. The van der Waals surface area contributed by atoms with E-state index in [0.717, 1.165) is 0 Å². The van der Waals surface area contributed by atoms with Crippen molar-refractivity contribution in [2.24, 2.45) is 0 Å². The van der Waals surface area contributed by atoms with Crippen LogP contribution in [0.15, 0.2) is 28.7 Å². The maximum absolute atomic E-state index is 13.5. The molecule has 0 fully saturated rings. The quantitative estimate of drug-likeness (QED) is 0.622. The number of hydrogen-bond donors (Lipinski definition) is 0. The molecule has 0 atom stereocenters. The molecule has 2 rings (SSSR count). The normalized spacial score (nSPS) is 9.94. The van der Waals surface area contributed by atoms with E-state index in [1.165, 1.54) is 18.2 Å². The molecular weight excluding hydrogens is 336 g/mol. The lowest BCUT2D eigenvalue weighted by molar-refractivity contribution is 0.110. The van der Waals surface area contributed by atoms with E-state index < -0.39 is 5.82 Å². The molecule has 0 radical (unpaired) electrons. The zero-order valence-corrected chi connectivity index (χ0v) is 10.6. The zero-order valence-electron chi connectivity index (χ0n) is 8.41. The van der Waals surface area contributed by atoms with Gasteiger partial charge in [-0.05, 0) is 46.9 Å². The van der Waals surface area contributed by atoms with E-state index in [1.807, 2.05) is 22.6 Å². The van der Waals surface area contributed by atoms with Gasteiger partial charge in [0.15, 0.2) is 12.0 Å². The smallest absolute Gasteiger partial charge is 0.185 e. The SMILES string of the molecule is N#Cc1cc(I)c(-c2ccc(C=O)o2)cc1F. The van der Waals surface area contributed by atoms with Crippen LogP contribution in [0, 0.1) is 20.7 Å². The number of halogens is 2. The third kappa shape index (κ3) is 2.22. The fourth-order valence-corrected chi connectivity index (χ4v) is 2.12. The summed E-state index contributed by atoms with van der Waals surface area (Å²) in [6.07, 6.45) is 0.580. The molecular formula is C12H5FINO2. The number of nitrogens with zero attached hydrogens (tertiary/aromatic N) is 1. The Bertz CT molecular complexity index is 628. The molecule has 0 N–H and O–H groups in total. The first-order valence-electron chi connectivity index (χ1n) is 4.60. The molecule has 3 nitrogen and oxygen atoms in total. The van der Waals surface area contributed by atoms with Crippen LogP contribution in [-0.2, 0) is 0 Å². The highest BCUT2D eigenvalue weighted by atomic mass is 127. The molecule has 2 aromatic rings. The second-order valence-electron chi connectivity index (χ2n) is 3.24. The lowest BCUT2D eigenvalue weighted by Crippen LogP contribution is -1.89. The summed E-state index contributed by atoms with van der Waals surface area (Å²) in [4.78, 5) is 10.5. The Morgan fingerprint density at radius 2 is 2.18 bits per heavy atom. The number of carbonyl (C=O) groups excluding carboxylic acids is 1. The fraction of sp³-hybridized carbons (Fsp3) is 0. The van der Waals surface area contributed by atoms with Gasteiger partial charge in [-0.1, -0.05) is 0 Å². The van der Waals surface area contributed by atoms with Crippen LogP contribution in [0.1, 0.15) is 16.1 Å². The molecule has 1 aromatic heterocycles. The molecule has 0 aliphatic heterocycles. The van der Waals surface area contributed by atoms with Crippen molar-refractivity contribution >= 4 is 28.9 Å². The average Bonchev–Trinajstić information content (AvgIpc) is 2.80. The van der Waals surface area contributed by atoms with Crippen molar-refractivity contribution in [3.8, 4) is 17.4 Å². The molecule has 5 heteroatoms. The molecule has 0 saturated carbocycles. The minimum Gasteiger partial charge on any atom is -0.453 e. The molecule has 0 aliphatic carbocycles. The highest BCUT2D eigenvalue weighted by Crippen LogP contribution is 2.29. The lowest BCUT2D eigenvalue weighted by Gasteiger charge is -2.02. The number of furan rings is 1. The predicted octanol–water partition coefficient (Wildman–Crippen LogP) is 3.37. The van der Waals surface area contributed by atoms with Crippen molar-refractivity contribution in [1.29, 1.82) is 5.26 Å². The molecule has 0 aliphatic rings. The van der Waals surface area contributed by atoms with Crippen LogP contribution in [0.25, 0.3) is 11.3 Å². The van der Waals surface area contributed by atoms with E-state index >= 15 is 0 Å². The lowest BCUT2D eigenvalue weighted by atomic mass is 10.1. The van der Waals surface area contributed by atoms with Gasteiger partial charge in [0.2, 0.25) is 0 Å². The summed E-state index contributed by atoms with van der Waals surface area (Å²) in [6, 6.07) is 7.53. The van der Waals surface area contributed by atoms with E-state index in [1.54, 1.807) is 12.1 Å². The van der Waals surface area contributed by atoms with E-state index in [2.05, 4.69) is 0 Å². The standard InChI is InChI=1S/C12H5FINO2/c13-10-4-9(11(14)3-7(10)5-15)12-2-1-8(6-16)17-12/h1-4,6H. The third-order valence-electron chi connectivity index (χ3n) is 2.19. The van der Waals surface area contributed by atoms with Crippen molar-refractivity contribution in [3.63, 3.8) is 0 Å². The van der Waals surface area contributed by atoms with Crippen molar-refractivity contribution in [1.82, 2.24) is 0 Å². The van der Waals surface area contributed by atoms with Crippen molar-refractivity contribution < 1.29 is 13.6 Å². The predicted molar refractivity (Wildman–Crippen MR) is 66.9 cm³/mol. The highest BCUT2D eigenvalue weighted by molar-refractivity contribution is 14.1. The van der Waals surface area contributed by atoms with E-state index in [0.29, 0.717) is 21.2 Å². The van der Waals surface area contributed by atoms with Crippen LogP contribution in [0.4, 0.5) is 4.39 Å². The van der Waals surface area contributed by atoms with Gasteiger partial charge in [0.1, 0.15) is 17.6 Å². The van der Waals surface area contributed by atoms with Gasteiger partial charge in [-0.15, -0.1) is 0 Å². The van der Waals surface area contributed by atoms with Crippen LogP contribution >= 0.6 is 22.6 Å². The summed E-state index contributed by atoms with van der Waals surface area (Å²) < 4.78 is 19.4. The Morgan fingerprint density at radius 3 is 2.76 bits per heavy atom. The van der Waals surface area contributed by atoms with Gasteiger partial charge in [0.25, 0.3) is 0 Å². The Morgan fingerprint density at radius 1 is 1.41 bits per heavy atom. The molecule has 1 heterocycles. The second kappa shape index (κ2) is 4.67. The van der Waals surface area contributed by atoms with E-state index in [4.69, 9.17) is 9.68 Å². The Hall–Kier alpha value is -1.68. The molecule has 17 heavy (non-hydrogen) atoms. The highest BCUT2D eigenvalue weighted by Gasteiger charge is 2.12. The molecule has 1 aromatic carbocycles. The van der Waals surface area contributed by atoms with Crippen LogP contribution < -0.4 is 0 Å². The topological polar surface area (TPSA) is 54.0 Å². The molecule has 0 unspecified atom stereocenters. The van der Waals surface area contributed by atoms with Gasteiger partial charge in [-0.2, -0.15) is 5.26 Å². The van der Waals surface area contributed by atoms with Crippen molar-refractivity contribution in [2.45, 2.75) is 0 Å². The average molecular weight is 341 g/mol. The summed E-state index contributed by atoms with van der Waals surface area (Å²) in [7, 11) is 0. The maximum Gasteiger partial charge on any atom is 0.185 e. The monoisotopic (exact) mass is 341 g/mol. The van der Waals surface area contributed by atoms with Crippen molar-refractivity contribution in [2.75, 3.05) is 0 Å². The largest absolute Gasteiger partial charge is 0.453 e. The number of rotatable bonds is 2. The van der Waals surface area contributed by atoms with Gasteiger partial charge < -0.3 is 4.42 Å². The van der Waals surface area contributed by atoms with Gasteiger partial charge in [0, 0.05) is 9.13 Å². The molecule has 0 saturated heterocycles. The number of nitriles is 1. The summed E-state index contributed by atoms with van der Waals surface area (Å²) in [6.45, 7) is 0. The number of aldehydes is 1. The maximum atomic E-state index is 13.5. The van der Waals surface area contributed by atoms with E-state index in [-0.39, 0.29) is 11.3 Å². The third-order valence-corrected chi connectivity index (χ3v) is 3.08. The molecule has 0 bridgehead atoms. The summed E-state index contributed by atoms with van der Waals surface area (Å²) in [5.74, 6) is -0.0209. The zero-order chi connectivity index (χ0) is 12.4. The Labute approximate surface area is 110 Å². The summed E-state index contributed by atoms with van der Waals surface area (Å²) in [5.41, 5.74) is 0.510. The van der Waals surface area contributed by atoms with Crippen molar-refractivity contribution in [3.05, 3.63) is 45.0 Å². The van der Waals surface area contributed by atoms with Gasteiger partial charge in [-0.3, -0.25) is 4.79 Å². The van der Waals surface area contributed by atoms with Gasteiger partial charge >= 0.3 is 0 Å². The van der Waals surface area contributed by atoms with Crippen LogP contribution in [0.2, 0.25) is 0 Å². The van der Waals surface area contributed by atoms with Crippen LogP contribution in [-0.4, -0.2) is 6.29 Å². The van der Waals surface area contributed by atoms with Crippen LogP contribution in [0.5, 0.6) is 0 Å². The van der Waals surface area contributed by atoms with Gasteiger partial charge in [0.05, 0.1) is 5.56 Å². The van der Waals surface area contributed by atoms with Crippen LogP contribution in [0.3, 0.4) is 0 Å². The number of carbonyl (C=O) groups is 1. The number of hydrogen-bond acceptors (Lipinski definition) is 3. The first-order chi connectivity index (χ1) is 8.15. The first kappa shape index (κ1) is 11.8.